The molecule has 0 amide bonds. The van der Waals surface area contributed by atoms with Gasteiger partial charge in [-0.25, -0.2) is 0 Å². The van der Waals surface area contributed by atoms with Crippen LogP contribution in [0.1, 0.15) is 17.7 Å². The number of thiophene rings is 1. The minimum atomic E-state index is 0.560. The van der Waals surface area contributed by atoms with E-state index in [1.807, 2.05) is 12.3 Å². The number of hydrogen-bond donors (Lipinski definition) is 0. The Morgan fingerprint density at radius 1 is 1.10 bits per heavy atom. The fourth-order valence-corrected chi connectivity index (χ4v) is 4.46. The van der Waals surface area contributed by atoms with E-state index in [9.17, 15) is 0 Å². The molecule has 0 aliphatic carbocycles. The van der Waals surface area contributed by atoms with Crippen molar-refractivity contribution in [1.29, 1.82) is 0 Å². The zero-order chi connectivity index (χ0) is 14.1. The predicted molar refractivity (Wildman–Crippen MR) is 86.2 cm³/mol. The number of nitrogens with zero attached hydrogens (tertiary/aromatic N) is 3. The molecular formula is C17H21N3S. The van der Waals surface area contributed by atoms with Gasteiger partial charge in [0.1, 0.15) is 0 Å². The fraction of sp³-hybridized carbons (Fsp3) is 0.471. The summed E-state index contributed by atoms with van der Waals surface area (Å²) in [5.74, 6) is 0. The van der Waals surface area contributed by atoms with Gasteiger partial charge in [0.15, 0.2) is 0 Å². The van der Waals surface area contributed by atoms with Crippen molar-refractivity contribution in [2.45, 2.75) is 19.5 Å². The van der Waals surface area contributed by atoms with Crippen LogP contribution in [0.5, 0.6) is 0 Å². The lowest BCUT2D eigenvalue weighted by atomic mass is 9.79. The molecule has 0 unspecified atom stereocenters. The summed E-state index contributed by atoms with van der Waals surface area (Å²) in [5, 5.41) is 4.46. The maximum Gasteiger partial charge on any atom is 0.0543 e. The lowest BCUT2D eigenvalue weighted by Gasteiger charge is -2.48. The van der Waals surface area contributed by atoms with E-state index in [1.165, 1.54) is 43.9 Å². The maximum atomic E-state index is 4.43. The molecule has 0 aromatic carbocycles. The van der Waals surface area contributed by atoms with E-state index in [4.69, 9.17) is 0 Å². The van der Waals surface area contributed by atoms with Gasteiger partial charge in [-0.2, -0.15) is 11.3 Å². The van der Waals surface area contributed by atoms with Gasteiger partial charge in [0.05, 0.1) is 5.69 Å². The number of aromatic nitrogens is 1. The van der Waals surface area contributed by atoms with Crippen LogP contribution in [0.4, 0.5) is 0 Å². The summed E-state index contributed by atoms with van der Waals surface area (Å²) in [4.78, 5) is 9.59. The van der Waals surface area contributed by atoms with Gasteiger partial charge >= 0.3 is 0 Å². The second-order valence-corrected chi connectivity index (χ2v) is 7.34. The molecule has 2 aliphatic heterocycles. The second kappa shape index (κ2) is 5.52. The molecule has 2 aliphatic rings. The first-order valence-corrected chi connectivity index (χ1v) is 8.61. The van der Waals surface area contributed by atoms with Gasteiger partial charge in [-0.05, 0) is 47.5 Å². The Morgan fingerprint density at radius 2 is 2.00 bits per heavy atom. The molecule has 4 heteroatoms. The van der Waals surface area contributed by atoms with Crippen LogP contribution < -0.4 is 0 Å². The highest BCUT2D eigenvalue weighted by atomic mass is 32.1. The Kier molecular flexibility index (Phi) is 3.53. The summed E-state index contributed by atoms with van der Waals surface area (Å²) in [5.41, 5.74) is 3.23. The van der Waals surface area contributed by atoms with E-state index in [2.05, 4.69) is 43.7 Å². The quantitative estimate of drug-likeness (QED) is 0.865. The van der Waals surface area contributed by atoms with Crippen molar-refractivity contribution in [3.05, 3.63) is 52.5 Å². The third-order valence-electron chi connectivity index (χ3n) is 4.73. The molecular weight excluding hydrogens is 278 g/mol. The van der Waals surface area contributed by atoms with E-state index in [1.54, 1.807) is 11.3 Å². The minimum absolute atomic E-state index is 0.560. The summed E-state index contributed by atoms with van der Waals surface area (Å²) >= 11 is 1.80. The highest BCUT2D eigenvalue weighted by Gasteiger charge is 2.47. The van der Waals surface area contributed by atoms with E-state index < -0.39 is 0 Å². The largest absolute Gasteiger partial charge is 0.298 e. The molecule has 2 saturated heterocycles. The van der Waals surface area contributed by atoms with Crippen LogP contribution >= 0.6 is 11.3 Å². The van der Waals surface area contributed by atoms with Gasteiger partial charge in [-0.1, -0.05) is 6.07 Å². The summed E-state index contributed by atoms with van der Waals surface area (Å²) < 4.78 is 0. The van der Waals surface area contributed by atoms with Gasteiger partial charge in [0.2, 0.25) is 0 Å². The van der Waals surface area contributed by atoms with Crippen LogP contribution in [0.15, 0.2) is 41.2 Å². The molecule has 1 spiro atoms. The van der Waals surface area contributed by atoms with Crippen LogP contribution in [-0.2, 0) is 13.1 Å². The lowest BCUT2D eigenvalue weighted by Crippen LogP contribution is -2.56. The zero-order valence-electron chi connectivity index (χ0n) is 12.2. The first-order chi connectivity index (χ1) is 10.3. The van der Waals surface area contributed by atoms with Crippen LogP contribution in [0, 0.1) is 5.41 Å². The summed E-state index contributed by atoms with van der Waals surface area (Å²) in [7, 11) is 0. The van der Waals surface area contributed by atoms with Crippen LogP contribution in [0.3, 0.4) is 0 Å². The highest BCUT2D eigenvalue weighted by Crippen LogP contribution is 2.40. The topological polar surface area (TPSA) is 19.4 Å². The number of likely N-dealkylation sites (tertiary alicyclic amines) is 2. The maximum absolute atomic E-state index is 4.43. The van der Waals surface area contributed by atoms with Crippen LogP contribution in [0.2, 0.25) is 0 Å². The van der Waals surface area contributed by atoms with Crippen LogP contribution in [-0.4, -0.2) is 41.0 Å². The zero-order valence-corrected chi connectivity index (χ0v) is 13.1. The molecule has 0 N–H and O–H groups in total. The van der Waals surface area contributed by atoms with Gasteiger partial charge in [-0.3, -0.25) is 14.8 Å². The molecule has 0 radical (unpaired) electrons. The third-order valence-corrected chi connectivity index (χ3v) is 5.47. The van der Waals surface area contributed by atoms with E-state index >= 15 is 0 Å². The summed E-state index contributed by atoms with van der Waals surface area (Å²) in [6.07, 6.45) is 3.25. The molecule has 4 heterocycles. The number of hydrogen-bond acceptors (Lipinski definition) is 4. The average Bonchev–Trinajstić information content (AvgIpc) is 3.10. The number of pyridine rings is 1. The van der Waals surface area contributed by atoms with Gasteiger partial charge in [0.25, 0.3) is 0 Å². The first kappa shape index (κ1) is 13.4. The van der Waals surface area contributed by atoms with E-state index in [-0.39, 0.29) is 0 Å². The number of rotatable bonds is 4. The molecule has 2 aromatic heterocycles. The molecule has 3 nitrogen and oxygen atoms in total. The Labute approximate surface area is 130 Å². The molecule has 21 heavy (non-hydrogen) atoms. The normalized spacial score (nSPS) is 21.7. The summed E-state index contributed by atoms with van der Waals surface area (Å²) in [6, 6.07) is 8.45. The molecule has 0 bridgehead atoms. The average molecular weight is 299 g/mol. The standard InChI is InChI=1S/C17H21N3S/c1-2-6-18-16(3-1)10-20-13-17(14-20)5-7-19(12-17)9-15-4-8-21-11-15/h1-4,6,8,11H,5,7,9-10,12-14H2. The van der Waals surface area contributed by atoms with Crippen molar-refractivity contribution in [3.63, 3.8) is 0 Å². The Bertz CT molecular complexity index is 575. The van der Waals surface area contributed by atoms with Gasteiger partial charge < -0.3 is 0 Å². The molecule has 0 saturated carbocycles. The Balaban J connectivity index is 1.29. The molecule has 4 rings (SSSR count). The minimum Gasteiger partial charge on any atom is -0.298 e. The second-order valence-electron chi connectivity index (χ2n) is 6.56. The highest BCUT2D eigenvalue weighted by molar-refractivity contribution is 7.07. The molecule has 110 valence electrons. The first-order valence-electron chi connectivity index (χ1n) is 7.67. The van der Waals surface area contributed by atoms with E-state index in [0.29, 0.717) is 5.41 Å². The Hall–Kier alpha value is -1.23. The van der Waals surface area contributed by atoms with Crippen molar-refractivity contribution in [3.8, 4) is 0 Å². The van der Waals surface area contributed by atoms with Crippen molar-refractivity contribution >= 4 is 11.3 Å². The Morgan fingerprint density at radius 3 is 2.76 bits per heavy atom. The van der Waals surface area contributed by atoms with Crippen LogP contribution in [0.25, 0.3) is 0 Å². The SMILES string of the molecule is c1ccc(CN2CC3(CCN(Cc4ccsc4)C3)C2)nc1. The van der Waals surface area contributed by atoms with Crippen molar-refractivity contribution in [2.75, 3.05) is 26.2 Å². The molecule has 0 atom stereocenters. The van der Waals surface area contributed by atoms with E-state index in [0.717, 1.165) is 13.1 Å². The lowest BCUT2D eigenvalue weighted by molar-refractivity contribution is 0.000768. The molecule has 2 fully saturated rings. The third kappa shape index (κ3) is 2.89. The van der Waals surface area contributed by atoms with Crippen molar-refractivity contribution < 1.29 is 0 Å². The fourth-order valence-electron chi connectivity index (χ4n) is 3.80. The monoisotopic (exact) mass is 299 g/mol. The smallest absolute Gasteiger partial charge is 0.0543 e. The van der Waals surface area contributed by atoms with Crippen molar-refractivity contribution in [1.82, 2.24) is 14.8 Å². The van der Waals surface area contributed by atoms with Crippen molar-refractivity contribution in [2.24, 2.45) is 5.41 Å². The summed E-state index contributed by atoms with van der Waals surface area (Å²) in [6.45, 7) is 7.14. The van der Waals surface area contributed by atoms with Gasteiger partial charge in [-0.15, -0.1) is 0 Å². The predicted octanol–water partition coefficient (Wildman–Crippen LogP) is 2.85. The molecule has 2 aromatic rings. The van der Waals surface area contributed by atoms with Gasteiger partial charge in [0, 0.05) is 44.3 Å².